The van der Waals surface area contributed by atoms with Gasteiger partial charge in [-0.1, -0.05) is 17.7 Å². The highest BCUT2D eigenvalue weighted by Crippen LogP contribution is 2.27. The lowest BCUT2D eigenvalue weighted by molar-refractivity contribution is -0.123. The van der Waals surface area contributed by atoms with Crippen molar-refractivity contribution in [3.8, 4) is 11.5 Å². The predicted molar refractivity (Wildman–Crippen MR) is 93.2 cm³/mol. The number of rotatable bonds is 5. The summed E-state index contributed by atoms with van der Waals surface area (Å²) in [5, 5.41) is 14.1. The molecule has 0 atom stereocenters. The van der Waals surface area contributed by atoms with E-state index in [9.17, 15) is 9.90 Å². The molecule has 0 aliphatic carbocycles. The van der Waals surface area contributed by atoms with Gasteiger partial charge in [0.25, 0.3) is 5.91 Å². The van der Waals surface area contributed by atoms with Crippen LogP contribution in [0.4, 0.5) is 0 Å². The number of aromatic hydroxyl groups is 1. The first-order chi connectivity index (χ1) is 11.0. The average molecular weight is 398 g/mol. The van der Waals surface area contributed by atoms with Gasteiger partial charge < -0.3 is 9.84 Å². The molecule has 2 N–H and O–H groups in total. The molecule has 23 heavy (non-hydrogen) atoms. The van der Waals surface area contributed by atoms with E-state index in [1.54, 1.807) is 30.3 Å². The van der Waals surface area contributed by atoms with Crippen LogP contribution in [0.15, 0.2) is 46.0 Å². The predicted octanol–water partition coefficient (Wildman–Crippen LogP) is 3.65. The highest BCUT2D eigenvalue weighted by atomic mass is 79.9. The fourth-order valence-corrected chi connectivity index (χ4v) is 2.50. The Hall–Kier alpha value is -2.05. The molecule has 7 heteroatoms. The monoisotopic (exact) mass is 396 g/mol. The standard InChI is InChI=1S/C16H14BrClN2O3/c1-10-2-3-11(14(21)6-10)8-19-20-16(22)9-23-15-5-4-12(18)7-13(15)17/h2-8,21H,9H2,1H3,(H,20,22)/b19-8-. The summed E-state index contributed by atoms with van der Waals surface area (Å²) in [6.45, 7) is 1.67. The summed E-state index contributed by atoms with van der Waals surface area (Å²) in [5.74, 6) is 0.184. The molecule has 2 rings (SSSR count). The summed E-state index contributed by atoms with van der Waals surface area (Å²) in [6.07, 6.45) is 1.37. The number of amides is 1. The molecule has 2 aromatic carbocycles. The van der Waals surface area contributed by atoms with Crippen molar-refractivity contribution < 1.29 is 14.6 Å². The van der Waals surface area contributed by atoms with Crippen molar-refractivity contribution in [1.82, 2.24) is 5.43 Å². The van der Waals surface area contributed by atoms with E-state index < -0.39 is 5.91 Å². The van der Waals surface area contributed by atoms with Crippen LogP contribution in [0, 0.1) is 6.92 Å². The summed E-state index contributed by atoms with van der Waals surface area (Å²) < 4.78 is 6.01. The van der Waals surface area contributed by atoms with Crippen molar-refractivity contribution in [3.63, 3.8) is 0 Å². The van der Waals surface area contributed by atoms with Gasteiger partial charge in [0.1, 0.15) is 11.5 Å². The van der Waals surface area contributed by atoms with E-state index in [1.165, 1.54) is 6.21 Å². The smallest absolute Gasteiger partial charge is 0.277 e. The average Bonchev–Trinajstić information content (AvgIpc) is 2.48. The first kappa shape index (κ1) is 17.3. The van der Waals surface area contributed by atoms with Crippen LogP contribution in [0.25, 0.3) is 0 Å². The molecule has 5 nitrogen and oxygen atoms in total. The van der Waals surface area contributed by atoms with E-state index in [-0.39, 0.29) is 12.4 Å². The SMILES string of the molecule is Cc1ccc(/C=N\NC(=O)COc2ccc(Cl)cc2Br)c(O)c1. The third kappa shape index (κ3) is 5.26. The van der Waals surface area contributed by atoms with E-state index in [2.05, 4.69) is 26.5 Å². The number of carbonyl (C=O) groups is 1. The molecule has 2 aromatic rings. The van der Waals surface area contributed by atoms with Crippen molar-refractivity contribution in [2.45, 2.75) is 6.92 Å². The summed E-state index contributed by atoms with van der Waals surface area (Å²) >= 11 is 9.12. The van der Waals surface area contributed by atoms with Gasteiger partial charge in [-0.25, -0.2) is 5.43 Å². The fourth-order valence-electron chi connectivity index (χ4n) is 1.70. The van der Waals surface area contributed by atoms with Crippen molar-refractivity contribution in [3.05, 3.63) is 57.0 Å². The molecule has 0 radical (unpaired) electrons. The number of phenols is 1. The Bertz CT molecular complexity index is 750. The minimum atomic E-state index is -0.422. The quantitative estimate of drug-likeness (QED) is 0.598. The van der Waals surface area contributed by atoms with Gasteiger partial charge in [0.15, 0.2) is 6.61 Å². The fraction of sp³-hybridized carbons (Fsp3) is 0.125. The van der Waals surface area contributed by atoms with E-state index in [0.717, 1.165) is 5.56 Å². The number of ether oxygens (including phenoxy) is 1. The lowest BCUT2D eigenvalue weighted by Crippen LogP contribution is -2.24. The van der Waals surface area contributed by atoms with Gasteiger partial charge in [0, 0.05) is 10.6 Å². The maximum absolute atomic E-state index is 11.7. The van der Waals surface area contributed by atoms with Crippen molar-refractivity contribution in [1.29, 1.82) is 0 Å². The maximum Gasteiger partial charge on any atom is 0.277 e. The molecule has 0 aliphatic rings. The topological polar surface area (TPSA) is 70.9 Å². The number of phenolic OH excluding ortho intramolecular Hbond substituents is 1. The lowest BCUT2D eigenvalue weighted by atomic mass is 10.1. The second-order valence-corrected chi connectivity index (χ2v) is 6.01. The highest BCUT2D eigenvalue weighted by molar-refractivity contribution is 9.10. The van der Waals surface area contributed by atoms with Crippen molar-refractivity contribution >= 4 is 39.7 Å². The Morgan fingerprint density at radius 1 is 1.39 bits per heavy atom. The molecule has 0 spiro atoms. The molecule has 0 saturated carbocycles. The van der Waals surface area contributed by atoms with Crippen molar-refractivity contribution in [2.75, 3.05) is 6.61 Å². The zero-order chi connectivity index (χ0) is 16.8. The van der Waals surface area contributed by atoms with Crippen molar-refractivity contribution in [2.24, 2.45) is 5.10 Å². The van der Waals surface area contributed by atoms with Gasteiger partial charge in [-0.3, -0.25) is 4.79 Å². The Kier molecular flexibility index (Phi) is 6.01. The molecule has 0 unspecified atom stereocenters. The number of aryl methyl sites for hydroxylation is 1. The number of nitrogens with one attached hydrogen (secondary N) is 1. The van der Waals surface area contributed by atoms with Crippen LogP contribution < -0.4 is 10.2 Å². The Labute approximate surface area is 147 Å². The number of hydrazone groups is 1. The van der Waals surface area contributed by atoms with Crippen LogP contribution in [-0.4, -0.2) is 23.8 Å². The zero-order valence-corrected chi connectivity index (χ0v) is 14.6. The van der Waals surface area contributed by atoms with Crippen LogP contribution >= 0.6 is 27.5 Å². The van der Waals surface area contributed by atoms with Gasteiger partial charge >= 0.3 is 0 Å². The van der Waals surface area contributed by atoms with Crippen LogP contribution in [0.3, 0.4) is 0 Å². The van der Waals surface area contributed by atoms with Crippen LogP contribution in [-0.2, 0) is 4.79 Å². The molecular weight excluding hydrogens is 384 g/mol. The van der Waals surface area contributed by atoms with E-state index in [1.807, 2.05) is 13.0 Å². The third-order valence-corrected chi connectivity index (χ3v) is 3.69. The molecule has 0 bridgehead atoms. The van der Waals surface area contributed by atoms with Gasteiger partial charge in [0.05, 0.1) is 10.7 Å². The number of halogens is 2. The van der Waals surface area contributed by atoms with Crippen LogP contribution in [0.1, 0.15) is 11.1 Å². The number of hydrogen-bond donors (Lipinski definition) is 2. The molecule has 0 aliphatic heterocycles. The molecule has 0 saturated heterocycles. The molecule has 0 fully saturated rings. The molecule has 1 amide bonds. The third-order valence-electron chi connectivity index (χ3n) is 2.83. The van der Waals surface area contributed by atoms with Gasteiger partial charge in [-0.15, -0.1) is 0 Å². The molecule has 0 aromatic heterocycles. The number of carbonyl (C=O) groups excluding carboxylic acids is 1. The van der Waals surface area contributed by atoms with Crippen LogP contribution in [0.2, 0.25) is 5.02 Å². The number of nitrogens with zero attached hydrogens (tertiary/aromatic N) is 1. The van der Waals surface area contributed by atoms with E-state index >= 15 is 0 Å². The minimum absolute atomic E-state index is 0.101. The van der Waals surface area contributed by atoms with E-state index in [0.29, 0.717) is 20.8 Å². The Balaban J connectivity index is 1.86. The molecule has 0 heterocycles. The summed E-state index contributed by atoms with van der Waals surface area (Å²) in [5.41, 5.74) is 3.77. The number of benzene rings is 2. The summed E-state index contributed by atoms with van der Waals surface area (Å²) in [7, 11) is 0. The van der Waals surface area contributed by atoms with Crippen LogP contribution in [0.5, 0.6) is 11.5 Å². The molecular formula is C16H14BrClN2O3. The Morgan fingerprint density at radius 3 is 2.87 bits per heavy atom. The minimum Gasteiger partial charge on any atom is -0.507 e. The largest absolute Gasteiger partial charge is 0.507 e. The first-order valence-corrected chi connectivity index (χ1v) is 7.82. The summed E-state index contributed by atoms with van der Waals surface area (Å²) in [4.78, 5) is 11.7. The maximum atomic E-state index is 11.7. The van der Waals surface area contributed by atoms with Gasteiger partial charge in [-0.2, -0.15) is 5.10 Å². The molecule has 120 valence electrons. The normalized spacial score (nSPS) is 10.7. The Morgan fingerprint density at radius 2 is 2.17 bits per heavy atom. The highest BCUT2D eigenvalue weighted by Gasteiger charge is 2.05. The lowest BCUT2D eigenvalue weighted by Gasteiger charge is -2.07. The zero-order valence-electron chi connectivity index (χ0n) is 12.2. The van der Waals surface area contributed by atoms with E-state index in [4.69, 9.17) is 16.3 Å². The number of hydrogen-bond acceptors (Lipinski definition) is 4. The first-order valence-electron chi connectivity index (χ1n) is 6.65. The van der Waals surface area contributed by atoms with Gasteiger partial charge in [0.2, 0.25) is 0 Å². The second kappa shape index (κ2) is 7.99. The van der Waals surface area contributed by atoms with Gasteiger partial charge in [-0.05, 0) is 58.7 Å². The summed E-state index contributed by atoms with van der Waals surface area (Å²) in [6, 6.07) is 10.2. The second-order valence-electron chi connectivity index (χ2n) is 4.72.